The highest BCUT2D eigenvalue weighted by Crippen LogP contribution is 2.25. The van der Waals surface area contributed by atoms with Gasteiger partial charge in [-0.3, -0.25) is 0 Å². The van der Waals surface area contributed by atoms with Gasteiger partial charge < -0.3 is 10.5 Å². The van der Waals surface area contributed by atoms with Crippen molar-refractivity contribution in [3.05, 3.63) is 41.6 Å². The molecule has 0 amide bonds. The number of nitrogens with two attached hydrogens (primary N) is 1. The van der Waals surface area contributed by atoms with Gasteiger partial charge in [-0.1, -0.05) is 13.8 Å². The fraction of sp³-hybridized carbons (Fsp3) is 0.286. The molecule has 0 saturated heterocycles. The molecule has 1 aromatic carbocycles. The van der Waals surface area contributed by atoms with E-state index in [0.29, 0.717) is 17.4 Å². The Hall–Kier alpha value is -2.17. The largest absolute Gasteiger partial charge is 0.436 e. The zero-order chi connectivity index (χ0) is 14.0. The number of hydrogen-bond donors (Lipinski definition) is 1. The van der Waals surface area contributed by atoms with Crippen molar-refractivity contribution in [2.75, 3.05) is 5.73 Å². The lowest BCUT2D eigenvalue weighted by molar-refractivity contribution is 0.423. The Morgan fingerprint density at radius 2 is 1.95 bits per heavy atom. The van der Waals surface area contributed by atoms with Gasteiger partial charge >= 0.3 is 0 Å². The number of ether oxygens (including phenoxy) is 1. The van der Waals surface area contributed by atoms with Gasteiger partial charge in [0, 0.05) is 29.4 Å². The molecule has 100 valence electrons. The maximum Gasteiger partial charge on any atom is 0.222 e. The Morgan fingerprint density at radius 1 is 1.21 bits per heavy atom. The van der Waals surface area contributed by atoms with Gasteiger partial charge in [0.2, 0.25) is 5.88 Å². The maximum absolute atomic E-state index is 13.6. The van der Waals surface area contributed by atoms with Crippen molar-refractivity contribution in [2.24, 2.45) is 0 Å². The third-order valence-electron chi connectivity index (χ3n) is 2.53. The number of halogens is 1. The lowest BCUT2D eigenvalue weighted by Crippen LogP contribution is -2.01. The number of nitrogen functional groups attached to an aromatic ring is 1. The summed E-state index contributed by atoms with van der Waals surface area (Å²) in [6, 6.07) is 5.95. The molecule has 0 aliphatic rings. The van der Waals surface area contributed by atoms with Crippen LogP contribution in [0.3, 0.4) is 0 Å². The summed E-state index contributed by atoms with van der Waals surface area (Å²) in [6.07, 6.45) is 0. The van der Waals surface area contributed by atoms with Crippen molar-refractivity contribution >= 4 is 5.69 Å². The molecule has 0 aliphatic heterocycles. The minimum Gasteiger partial charge on any atom is -0.436 e. The van der Waals surface area contributed by atoms with E-state index in [1.807, 2.05) is 20.8 Å². The Bertz CT molecular complexity index is 599. The fourth-order valence-corrected chi connectivity index (χ4v) is 1.58. The molecule has 2 aromatic rings. The van der Waals surface area contributed by atoms with Gasteiger partial charge in [0.05, 0.1) is 0 Å². The first-order valence-electron chi connectivity index (χ1n) is 6.04. The predicted octanol–water partition coefficient (Wildman–Crippen LogP) is 3.42. The van der Waals surface area contributed by atoms with E-state index < -0.39 is 5.82 Å². The molecule has 4 nitrogen and oxygen atoms in total. The van der Waals surface area contributed by atoms with Gasteiger partial charge in [0.15, 0.2) is 11.6 Å². The summed E-state index contributed by atoms with van der Waals surface area (Å²) in [4.78, 5) is 8.57. The SMILES string of the molecule is Cc1cc(Oc2ccc(N)cc2F)nc(C(C)C)n1. The molecule has 1 aromatic heterocycles. The van der Waals surface area contributed by atoms with E-state index >= 15 is 0 Å². The van der Waals surface area contributed by atoms with Crippen LogP contribution in [-0.2, 0) is 0 Å². The van der Waals surface area contributed by atoms with E-state index in [1.165, 1.54) is 12.1 Å². The molecular weight excluding hydrogens is 245 g/mol. The Kier molecular flexibility index (Phi) is 3.64. The summed E-state index contributed by atoms with van der Waals surface area (Å²) < 4.78 is 19.1. The monoisotopic (exact) mass is 261 g/mol. The highest BCUT2D eigenvalue weighted by Gasteiger charge is 2.10. The lowest BCUT2D eigenvalue weighted by atomic mass is 10.2. The number of benzene rings is 1. The van der Waals surface area contributed by atoms with Crippen LogP contribution in [0, 0.1) is 12.7 Å². The summed E-state index contributed by atoms with van der Waals surface area (Å²) in [5.41, 5.74) is 6.62. The van der Waals surface area contributed by atoms with Gasteiger partial charge in [0.25, 0.3) is 0 Å². The second kappa shape index (κ2) is 5.22. The Balaban J connectivity index is 2.32. The highest BCUT2D eigenvalue weighted by atomic mass is 19.1. The molecule has 0 aliphatic carbocycles. The summed E-state index contributed by atoms with van der Waals surface area (Å²) in [5.74, 6) is 0.772. The molecule has 0 spiro atoms. The summed E-state index contributed by atoms with van der Waals surface area (Å²) >= 11 is 0. The van der Waals surface area contributed by atoms with Crippen molar-refractivity contribution in [1.82, 2.24) is 9.97 Å². The van der Waals surface area contributed by atoms with Gasteiger partial charge in [-0.05, 0) is 19.1 Å². The zero-order valence-electron chi connectivity index (χ0n) is 11.1. The first-order valence-corrected chi connectivity index (χ1v) is 6.04. The zero-order valence-corrected chi connectivity index (χ0v) is 11.1. The number of nitrogens with zero attached hydrogens (tertiary/aromatic N) is 2. The number of aryl methyl sites for hydroxylation is 1. The minimum absolute atomic E-state index is 0.0991. The summed E-state index contributed by atoms with van der Waals surface area (Å²) in [6.45, 7) is 5.82. The molecule has 0 fully saturated rings. The van der Waals surface area contributed by atoms with E-state index in [4.69, 9.17) is 10.5 Å². The van der Waals surface area contributed by atoms with E-state index in [2.05, 4.69) is 9.97 Å². The van der Waals surface area contributed by atoms with E-state index in [-0.39, 0.29) is 11.7 Å². The van der Waals surface area contributed by atoms with Crippen molar-refractivity contribution in [2.45, 2.75) is 26.7 Å². The van der Waals surface area contributed by atoms with E-state index in [0.717, 1.165) is 5.69 Å². The normalized spacial score (nSPS) is 10.8. The molecule has 0 saturated carbocycles. The molecular formula is C14H16FN3O. The van der Waals surface area contributed by atoms with Gasteiger partial charge in [-0.15, -0.1) is 0 Å². The maximum atomic E-state index is 13.6. The average molecular weight is 261 g/mol. The van der Waals surface area contributed by atoms with Crippen LogP contribution < -0.4 is 10.5 Å². The molecule has 2 rings (SSSR count). The van der Waals surface area contributed by atoms with Gasteiger partial charge in [0.1, 0.15) is 5.82 Å². The van der Waals surface area contributed by atoms with Crippen molar-refractivity contribution < 1.29 is 9.13 Å². The smallest absolute Gasteiger partial charge is 0.222 e. The Labute approximate surface area is 111 Å². The molecule has 0 radical (unpaired) electrons. The second-order valence-corrected chi connectivity index (χ2v) is 4.65. The van der Waals surface area contributed by atoms with Crippen LogP contribution in [0.4, 0.5) is 10.1 Å². The number of anilines is 1. The molecule has 0 atom stereocenters. The van der Waals surface area contributed by atoms with Crippen LogP contribution in [0.5, 0.6) is 11.6 Å². The second-order valence-electron chi connectivity index (χ2n) is 4.65. The fourth-order valence-electron chi connectivity index (χ4n) is 1.58. The Morgan fingerprint density at radius 3 is 2.58 bits per heavy atom. The molecule has 1 heterocycles. The van der Waals surface area contributed by atoms with Crippen LogP contribution in [0.25, 0.3) is 0 Å². The topological polar surface area (TPSA) is 61.0 Å². The molecule has 19 heavy (non-hydrogen) atoms. The number of hydrogen-bond acceptors (Lipinski definition) is 4. The first-order chi connectivity index (χ1) is 8.95. The van der Waals surface area contributed by atoms with Crippen LogP contribution in [0.15, 0.2) is 24.3 Å². The number of rotatable bonds is 3. The first kappa shape index (κ1) is 13.3. The molecule has 0 bridgehead atoms. The van der Waals surface area contributed by atoms with Gasteiger partial charge in [-0.25, -0.2) is 9.37 Å². The number of aromatic nitrogens is 2. The van der Waals surface area contributed by atoms with Crippen LogP contribution in [0.2, 0.25) is 0 Å². The predicted molar refractivity (Wildman–Crippen MR) is 71.7 cm³/mol. The lowest BCUT2D eigenvalue weighted by Gasteiger charge is -2.10. The van der Waals surface area contributed by atoms with Crippen molar-refractivity contribution in [3.8, 4) is 11.6 Å². The van der Waals surface area contributed by atoms with Crippen LogP contribution >= 0.6 is 0 Å². The van der Waals surface area contributed by atoms with Crippen LogP contribution in [-0.4, -0.2) is 9.97 Å². The minimum atomic E-state index is -0.512. The van der Waals surface area contributed by atoms with Gasteiger partial charge in [-0.2, -0.15) is 4.98 Å². The molecule has 0 unspecified atom stereocenters. The molecule has 5 heteroatoms. The average Bonchev–Trinajstić information content (AvgIpc) is 2.32. The third-order valence-corrected chi connectivity index (χ3v) is 2.53. The van der Waals surface area contributed by atoms with Crippen LogP contribution in [0.1, 0.15) is 31.3 Å². The standard InChI is InChI=1S/C14H16FN3O/c1-8(2)14-17-9(3)6-13(18-14)19-12-5-4-10(16)7-11(12)15/h4-8H,16H2,1-3H3. The van der Waals surface area contributed by atoms with E-state index in [1.54, 1.807) is 12.1 Å². The summed E-state index contributed by atoms with van der Waals surface area (Å²) in [5, 5.41) is 0. The quantitative estimate of drug-likeness (QED) is 0.860. The van der Waals surface area contributed by atoms with E-state index in [9.17, 15) is 4.39 Å². The highest BCUT2D eigenvalue weighted by molar-refractivity contribution is 5.43. The summed E-state index contributed by atoms with van der Waals surface area (Å²) in [7, 11) is 0. The van der Waals surface area contributed by atoms with Crippen molar-refractivity contribution in [3.63, 3.8) is 0 Å². The van der Waals surface area contributed by atoms with Crippen molar-refractivity contribution in [1.29, 1.82) is 0 Å². The third kappa shape index (κ3) is 3.19. The molecule has 2 N–H and O–H groups in total.